The number of ether oxygens (including phenoxy) is 1. The van der Waals surface area contributed by atoms with Crippen molar-refractivity contribution in [2.75, 3.05) is 4.90 Å². The fourth-order valence-corrected chi connectivity index (χ4v) is 5.15. The second-order valence-electron chi connectivity index (χ2n) is 9.04. The summed E-state index contributed by atoms with van der Waals surface area (Å²) in [5, 5.41) is 4.21. The van der Waals surface area contributed by atoms with Crippen molar-refractivity contribution in [2.45, 2.75) is 19.0 Å². The Bertz CT molecular complexity index is 1500. The van der Waals surface area contributed by atoms with E-state index in [1.807, 2.05) is 66.9 Å². The van der Waals surface area contributed by atoms with E-state index in [9.17, 15) is 0 Å². The van der Waals surface area contributed by atoms with Crippen molar-refractivity contribution in [3.8, 4) is 17.2 Å². The molecule has 1 fully saturated rings. The van der Waals surface area contributed by atoms with Crippen molar-refractivity contribution < 1.29 is 4.74 Å². The van der Waals surface area contributed by atoms with Crippen LogP contribution in [0.2, 0.25) is 0 Å². The zero-order valence-corrected chi connectivity index (χ0v) is 21.2. The Balaban J connectivity index is 1.40. The number of anilines is 1. The summed E-state index contributed by atoms with van der Waals surface area (Å²) in [5.41, 5.74) is 5.38. The summed E-state index contributed by atoms with van der Waals surface area (Å²) in [6, 6.07) is 36.4. The van der Waals surface area contributed by atoms with E-state index in [2.05, 4.69) is 81.4 Å². The molecular weight excluding hydrogens is 476 g/mol. The van der Waals surface area contributed by atoms with Gasteiger partial charge < -0.3 is 19.5 Å². The van der Waals surface area contributed by atoms with Gasteiger partial charge in [-0.25, -0.2) is 0 Å². The van der Waals surface area contributed by atoms with Crippen molar-refractivity contribution in [1.82, 2.24) is 14.9 Å². The standard InChI is InChI=1S/C31H26N4OS/c1-22-12-14-23(15-13-22)34-21-7-11-28(34)30-29(27-10-5-6-20-32-27)33-31(37)35(30)24-16-18-26(19-17-24)36-25-8-3-2-4-9-25/h2-21,29-30H,1H3,(H,33,37). The van der Waals surface area contributed by atoms with Crippen molar-refractivity contribution >= 4 is 23.0 Å². The number of hydrogen-bond acceptors (Lipinski definition) is 3. The van der Waals surface area contributed by atoms with E-state index in [4.69, 9.17) is 17.0 Å². The molecule has 5 nitrogen and oxygen atoms in total. The fraction of sp³-hybridized carbons (Fsp3) is 0.0968. The smallest absolute Gasteiger partial charge is 0.174 e. The number of aromatic nitrogens is 2. The maximum Gasteiger partial charge on any atom is 0.174 e. The van der Waals surface area contributed by atoms with Crippen LogP contribution in [-0.4, -0.2) is 14.7 Å². The Kier molecular flexibility index (Phi) is 6.16. The maximum absolute atomic E-state index is 6.02. The van der Waals surface area contributed by atoms with Crippen LogP contribution < -0.4 is 15.0 Å². The second kappa shape index (κ2) is 9.91. The molecule has 6 rings (SSSR count). The molecule has 2 unspecified atom stereocenters. The number of aryl methyl sites for hydroxylation is 1. The molecule has 0 bridgehead atoms. The van der Waals surface area contributed by atoms with Crippen LogP contribution in [0.4, 0.5) is 5.69 Å². The van der Waals surface area contributed by atoms with Crippen LogP contribution in [0.1, 0.15) is 29.0 Å². The van der Waals surface area contributed by atoms with Gasteiger partial charge in [0.2, 0.25) is 0 Å². The lowest BCUT2D eigenvalue weighted by atomic mass is 10.0. The van der Waals surface area contributed by atoms with E-state index in [0.717, 1.165) is 34.3 Å². The number of nitrogens with zero attached hydrogens (tertiary/aromatic N) is 3. The lowest BCUT2D eigenvalue weighted by molar-refractivity contribution is 0.482. The molecule has 0 aliphatic carbocycles. The third-order valence-corrected chi connectivity index (χ3v) is 6.90. The summed E-state index contributed by atoms with van der Waals surface area (Å²) in [6.45, 7) is 2.10. The largest absolute Gasteiger partial charge is 0.457 e. The van der Waals surface area contributed by atoms with Gasteiger partial charge in [-0.3, -0.25) is 4.98 Å². The second-order valence-corrected chi connectivity index (χ2v) is 9.43. The Morgan fingerprint density at radius 1 is 0.757 bits per heavy atom. The van der Waals surface area contributed by atoms with Gasteiger partial charge >= 0.3 is 0 Å². The Morgan fingerprint density at radius 3 is 2.19 bits per heavy atom. The summed E-state index contributed by atoms with van der Waals surface area (Å²) >= 11 is 5.91. The molecule has 37 heavy (non-hydrogen) atoms. The summed E-state index contributed by atoms with van der Waals surface area (Å²) in [5.74, 6) is 1.58. The molecule has 2 atom stereocenters. The van der Waals surface area contributed by atoms with E-state index in [1.54, 1.807) is 0 Å². The molecule has 6 heteroatoms. The number of benzene rings is 3. The molecule has 1 saturated heterocycles. The third-order valence-electron chi connectivity index (χ3n) is 6.59. The van der Waals surface area contributed by atoms with E-state index < -0.39 is 0 Å². The molecule has 5 aromatic rings. The molecule has 1 aliphatic rings. The van der Waals surface area contributed by atoms with Crippen LogP contribution in [0.5, 0.6) is 11.5 Å². The minimum absolute atomic E-state index is 0.111. The van der Waals surface area contributed by atoms with Crippen LogP contribution in [-0.2, 0) is 0 Å². The number of hydrogen-bond donors (Lipinski definition) is 1. The van der Waals surface area contributed by atoms with Crippen molar-refractivity contribution in [3.05, 3.63) is 139 Å². The van der Waals surface area contributed by atoms with Crippen LogP contribution in [0.25, 0.3) is 5.69 Å². The zero-order chi connectivity index (χ0) is 25.2. The molecule has 0 saturated carbocycles. The topological polar surface area (TPSA) is 42.3 Å². The van der Waals surface area contributed by atoms with Crippen LogP contribution in [0.3, 0.4) is 0 Å². The first-order valence-electron chi connectivity index (χ1n) is 12.3. The van der Waals surface area contributed by atoms with E-state index in [1.165, 1.54) is 5.56 Å². The maximum atomic E-state index is 6.02. The van der Waals surface area contributed by atoms with E-state index in [0.29, 0.717) is 5.11 Å². The predicted octanol–water partition coefficient (Wildman–Crippen LogP) is 7.15. The average Bonchev–Trinajstić information content (AvgIpc) is 3.55. The molecule has 0 amide bonds. The first-order chi connectivity index (χ1) is 18.2. The SMILES string of the molecule is Cc1ccc(-n2cccc2C2C(c3ccccn3)NC(=S)N2c2ccc(Oc3ccccc3)cc2)cc1. The first kappa shape index (κ1) is 23.0. The molecule has 0 spiro atoms. The molecule has 3 heterocycles. The van der Waals surface area contributed by atoms with Crippen molar-refractivity contribution in [1.29, 1.82) is 0 Å². The van der Waals surface area contributed by atoms with Gasteiger partial charge in [-0.05, 0) is 91.9 Å². The third kappa shape index (κ3) is 4.59. The average molecular weight is 503 g/mol. The quantitative estimate of drug-likeness (QED) is 0.250. The molecule has 0 radical (unpaired) electrons. The van der Waals surface area contributed by atoms with E-state index >= 15 is 0 Å². The van der Waals surface area contributed by atoms with Gasteiger partial charge in [0.25, 0.3) is 0 Å². The fourth-order valence-electron chi connectivity index (χ4n) is 4.81. The number of thiocarbonyl (C=S) groups is 1. The normalized spacial score (nSPS) is 17.0. The van der Waals surface area contributed by atoms with Crippen LogP contribution >= 0.6 is 12.2 Å². The Hall–Kier alpha value is -4.42. The lowest BCUT2D eigenvalue weighted by Crippen LogP contribution is -2.30. The Morgan fingerprint density at radius 2 is 1.46 bits per heavy atom. The molecular formula is C31H26N4OS. The predicted molar refractivity (Wildman–Crippen MR) is 151 cm³/mol. The van der Waals surface area contributed by atoms with Gasteiger partial charge in [0, 0.05) is 29.5 Å². The van der Waals surface area contributed by atoms with E-state index in [-0.39, 0.29) is 12.1 Å². The molecule has 3 aromatic carbocycles. The van der Waals surface area contributed by atoms with Gasteiger partial charge in [0.15, 0.2) is 5.11 Å². The van der Waals surface area contributed by atoms with Gasteiger partial charge in [-0.15, -0.1) is 0 Å². The molecule has 182 valence electrons. The minimum atomic E-state index is -0.118. The highest BCUT2D eigenvalue weighted by Crippen LogP contribution is 2.42. The number of nitrogens with one attached hydrogen (secondary N) is 1. The summed E-state index contributed by atoms with van der Waals surface area (Å²) < 4.78 is 8.25. The van der Waals surface area contributed by atoms with Gasteiger partial charge in [0.1, 0.15) is 17.5 Å². The van der Waals surface area contributed by atoms with Gasteiger partial charge in [-0.1, -0.05) is 42.0 Å². The number of para-hydroxylation sites is 1. The highest BCUT2D eigenvalue weighted by Gasteiger charge is 2.42. The zero-order valence-electron chi connectivity index (χ0n) is 20.4. The Labute approximate surface area is 222 Å². The lowest BCUT2D eigenvalue weighted by Gasteiger charge is -2.29. The highest BCUT2D eigenvalue weighted by molar-refractivity contribution is 7.80. The monoisotopic (exact) mass is 502 g/mol. The van der Waals surface area contributed by atoms with Crippen LogP contribution in [0.15, 0.2) is 122 Å². The molecule has 1 N–H and O–H groups in total. The molecule has 2 aromatic heterocycles. The number of pyridine rings is 1. The first-order valence-corrected chi connectivity index (χ1v) is 12.7. The van der Waals surface area contributed by atoms with Gasteiger partial charge in [-0.2, -0.15) is 0 Å². The number of rotatable bonds is 6. The molecule has 1 aliphatic heterocycles. The minimum Gasteiger partial charge on any atom is -0.457 e. The van der Waals surface area contributed by atoms with Crippen molar-refractivity contribution in [3.63, 3.8) is 0 Å². The van der Waals surface area contributed by atoms with Gasteiger partial charge in [0.05, 0.1) is 11.7 Å². The van der Waals surface area contributed by atoms with Crippen molar-refractivity contribution in [2.24, 2.45) is 0 Å². The summed E-state index contributed by atoms with van der Waals surface area (Å²) in [7, 11) is 0. The highest BCUT2D eigenvalue weighted by atomic mass is 32.1. The summed E-state index contributed by atoms with van der Waals surface area (Å²) in [4.78, 5) is 6.86. The summed E-state index contributed by atoms with van der Waals surface area (Å²) in [6.07, 6.45) is 3.93. The van der Waals surface area contributed by atoms with Crippen LogP contribution in [0, 0.1) is 6.92 Å².